The second kappa shape index (κ2) is 10.1. The van der Waals surface area contributed by atoms with E-state index in [4.69, 9.17) is 4.52 Å². The Morgan fingerprint density at radius 1 is 1.27 bits per heavy atom. The van der Waals surface area contributed by atoms with Crippen LogP contribution in [0.3, 0.4) is 0 Å². The van der Waals surface area contributed by atoms with Gasteiger partial charge in [-0.25, -0.2) is 0 Å². The zero-order valence-electron chi connectivity index (χ0n) is 19.5. The summed E-state index contributed by atoms with van der Waals surface area (Å²) in [6, 6.07) is 9.40. The van der Waals surface area contributed by atoms with Crippen molar-refractivity contribution >= 4 is 22.7 Å². The van der Waals surface area contributed by atoms with Gasteiger partial charge in [-0.1, -0.05) is 25.1 Å². The third-order valence-corrected chi connectivity index (χ3v) is 6.05. The average molecular weight is 450 g/mol. The van der Waals surface area contributed by atoms with Crippen LogP contribution in [-0.4, -0.2) is 62.4 Å². The molecular weight excluding hydrogens is 418 g/mol. The molecule has 1 saturated heterocycles. The van der Waals surface area contributed by atoms with Crippen LogP contribution in [0.2, 0.25) is 0 Å². The summed E-state index contributed by atoms with van der Waals surface area (Å²) >= 11 is 0. The Labute approximate surface area is 194 Å². The van der Waals surface area contributed by atoms with E-state index in [1.807, 2.05) is 40.1 Å². The van der Waals surface area contributed by atoms with Gasteiger partial charge in [0.05, 0.1) is 5.52 Å². The van der Waals surface area contributed by atoms with Crippen molar-refractivity contribution in [3.05, 3.63) is 53.8 Å². The number of benzene rings is 1. The number of carbonyl (C=O) groups excluding carboxylic acids is 2. The van der Waals surface area contributed by atoms with E-state index >= 15 is 0 Å². The molecule has 8 heteroatoms. The fraction of sp³-hybridized carbons (Fsp3) is 0.480. The van der Waals surface area contributed by atoms with Crippen molar-refractivity contribution in [3.63, 3.8) is 0 Å². The SMILES string of the molecule is CC(=O)N(CCc1noc(CC(C)C)n1)C1CCCN(C(=O)c2ccc3ncccc3c2)C1. The molecule has 1 aliphatic heterocycles. The Morgan fingerprint density at radius 3 is 2.91 bits per heavy atom. The number of aromatic nitrogens is 3. The standard InChI is InChI=1S/C25H31N5O3/c1-17(2)14-24-27-23(28-33-24)10-13-30(18(3)31)21-7-5-12-29(16-21)25(32)20-8-9-22-19(15-20)6-4-11-26-22/h4,6,8-9,11,15,17,21H,5,7,10,12-14,16H2,1-3H3. The highest BCUT2D eigenvalue weighted by Crippen LogP contribution is 2.21. The molecule has 2 amide bonds. The predicted molar refractivity (Wildman–Crippen MR) is 125 cm³/mol. The Kier molecular flexibility index (Phi) is 7.01. The molecule has 2 aromatic heterocycles. The van der Waals surface area contributed by atoms with E-state index in [2.05, 4.69) is 29.0 Å². The smallest absolute Gasteiger partial charge is 0.253 e. The van der Waals surface area contributed by atoms with Crippen molar-refractivity contribution in [3.8, 4) is 0 Å². The normalized spacial score (nSPS) is 16.4. The molecule has 8 nitrogen and oxygen atoms in total. The number of piperidine rings is 1. The molecule has 0 N–H and O–H groups in total. The molecule has 174 valence electrons. The minimum atomic E-state index is -0.0237. The molecule has 0 aliphatic carbocycles. The van der Waals surface area contributed by atoms with Gasteiger partial charge < -0.3 is 14.3 Å². The number of hydrogen-bond acceptors (Lipinski definition) is 6. The minimum absolute atomic E-state index is 0.00280. The van der Waals surface area contributed by atoms with Gasteiger partial charge in [0, 0.05) is 62.6 Å². The molecule has 33 heavy (non-hydrogen) atoms. The van der Waals surface area contributed by atoms with Crippen LogP contribution in [0.1, 0.15) is 55.7 Å². The van der Waals surface area contributed by atoms with Gasteiger partial charge >= 0.3 is 0 Å². The van der Waals surface area contributed by atoms with Gasteiger partial charge in [-0.05, 0) is 43.0 Å². The zero-order valence-corrected chi connectivity index (χ0v) is 19.5. The van der Waals surface area contributed by atoms with E-state index in [9.17, 15) is 9.59 Å². The van der Waals surface area contributed by atoms with E-state index in [-0.39, 0.29) is 17.9 Å². The summed E-state index contributed by atoms with van der Waals surface area (Å²) in [6.45, 7) is 7.50. The third-order valence-electron chi connectivity index (χ3n) is 6.05. The molecule has 4 rings (SSSR count). The fourth-order valence-electron chi connectivity index (χ4n) is 4.43. The number of fused-ring (bicyclic) bond motifs is 1. The molecule has 3 aromatic rings. The van der Waals surface area contributed by atoms with Crippen LogP contribution in [0.25, 0.3) is 10.9 Å². The van der Waals surface area contributed by atoms with Gasteiger partial charge in [0.15, 0.2) is 5.82 Å². The maximum atomic E-state index is 13.2. The molecule has 0 radical (unpaired) electrons. The molecule has 0 saturated carbocycles. The van der Waals surface area contributed by atoms with Crippen molar-refractivity contribution in [1.29, 1.82) is 0 Å². The predicted octanol–water partition coefficient (Wildman–Crippen LogP) is 3.51. The van der Waals surface area contributed by atoms with E-state index in [0.29, 0.717) is 49.3 Å². The first-order valence-corrected chi connectivity index (χ1v) is 11.6. The van der Waals surface area contributed by atoms with Gasteiger partial charge in [0.2, 0.25) is 11.8 Å². The number of amides is 2. The maximum absolute atomic E-state index is 13.2. The second-order valence-electron chi connectivity index (χ2n) is 9.12. The Hall–Kier alpha value is -3.29. The van der Waals surface area contributed by atoms with Crippen molar-refractivity contribution in [1.82, 2.24) is 24.9 Å². The molecular formula is C25H31N5O3. The van der Waals surface area contributed by atoms with Gasteiger partial charge in [-0.15, -0.1) is 0 Å². The number of pyridine rings is 1. The van der Waals surface area contributed by atoms with Crippen LogP contribution in [0.15, 0.2) is 41.1 Å². The number of likely N-dealkylation sites (tertiary alicyclic amines) is 1. The minimum Gasteiger partial charge on any atom is -0.339 e. The third kappa shape index (κ3) is 5.56. The van der Waals surface area contributed by atoms with Crippen molar-refractivity contribution in [2.75, 3.05) is 19.6 Å². The summed E-state index contributed by atoms with van der Waals surface area (Å²) in [4.78, 5) is 38.2. The first kappa shape index (κ1) is 22.9. The lowest BCUT2D eigenvalue weighted by Gasteiger charge is -2.39. The van der Waals surface area contributed by atoms with Crippen molar-refractivity contribution in [2.24, 2.45) is 5.92 Å². The number of hydrogen-bond donors (Lipinski definition) is 0. The van der Waals surface area contributed by atoms with Crippen LogP contribution >= 0.6 is 0 Å². The molecule has 1 atom stereocenters. The number of rotatable bonds is 7. The zero-order chi connectivity index (χ0) is 23.4. The fourth-order valence-corrected chi connectivity index (χ4v) is 4.43. The van der Waals surface area contributed by atoms with Crippen LogP contribution in [0, 0.1) is 5.92 Å². The molecule has 1 aliphatic rings. The quantitative estimate of drug-likeness (QED) is 0.548. The first-order valence-electron chi connectivity index (χ1n) is 11.6. The molecule has 0 bridgehead atoms. The van der Waals surface area contributed by atoms with Gasteiger partial charge in [0.25, 0.3) is 5.91 Å². The van der Waals surface area contributed by atoms with Gasteiger partial charge in [-0.3, -0.25) is 14.6 Å². The number of carbonyl (C=O) groups is 2. The maximum Gasteiger partial charge on any atom is 0.253 e. The van der Waals surface area contributed by atoms with E-state index in [1.54, 1.807) is 13.1 Å². The Morgan fingerprint density at radius 2 is 2.12 bits per heavy atom. The monoisotopic (exact) mass is 449 g/mol. The van der Waals surface area contributed by atoms with E-state index < -0.39 is 0 Å². The van der Waals surface area contributed by atoms with E-state index in [0.717, 1.165) is 30.2 Å². The van der Waals surface area contributed by atoms with Crippen molar-refractivity contribution < 1.29 is 14.1 Å². The summed E-state index contributed by atoms with van der Waals surface area (Å²) in [5.41, 5.74) is 1.52. The Bertz CT molecular complexity index is 1130. The van der Waals surface area contributed by atoms with Crippen LogP contribution in [-0.2, 0) is 17.6 Å². The topological polar surface area (TPSA) is 92.4 Å². The van der Waals surface area contributed by atoms with Gasteiger partial charge in [0.1, 0.15) is 0 Å². The summed E-state index contributed by atoms with van der Waals surface area (Å²) in [6.07, 6.45) is 4.75. The lowest BCUT2D eigenvalue weighted by Crippen LogP contribution is -2.51. The molecule has 1 unspecified atom stereocenters. The van der Waals surface area contributed by atoms with E-state index in [1.165, 1.54) is 0 Å². The molecule has 3 heterocycles. The lowest BCUT2D eigenvalue weighted by molar-refractivity contribution is -0.132. The average Bonchev–Trinajstić information content (AvgIpc) is 3.25. The van der Waals surface area contributed by atoms with Crippen LogP contribution in [0.5, 0.6) is 0 Å². The highest BCUT2D eigenvalue weighted by atomic mass is 16.5. The summed E-state index contributed by atoms with van der Waals surface area (Å²) in [5.74, 6) is 1.68. The summed E-state index contributed by atoms with van der Waals surface area (Å²) in [7, 11) is 0. The van der Waals surface area contributed by atoms with Gasteiger partial charge in [-0.2, -0.15) is 4.98 Å². The molecule has 1 aromatic carbocycles. The summed E-state index contributed by atoms with van der Waals surface area (Å²) < 4.78 is 5.32. The number of nitrogens with zero attached hydrogens (tertiary/aromatic N) is 5. The molecule has 0 spiro atoms. The summed E-state index contributed by atoms with van der Waals surface area (Å²) in [5, 5.41) is 5.00. The van der Waals surface area contributed by atoms with Crippen LogP contribution in [0.4, 0.5) is 0 Å². The lowest BCUT2D eigenvalue weighted by atomic mass is 10.0. The largest absolute Gasteiger partial charge is 0.339 e. The Balaban J connectivity index is 1.41. The van der Waals surface area contributed by atoms with Crippen LogP contribution < -0.4 is 0 Å². The second-order valence-corrected chi connectivity index (χ2v) is 9.12. The molecule has 1 fully saturated rings. The highest BCUT2D eigenvalue weighted by Gasteiger charge is 2.30. The first-order chi connectivity index (χ1) is 15.9. The highest BCUT2D eigenvalue weighted by molar-refractivity contribution is 5.98. The van der Waals surface area contributed by atoms with Crippen molar-refractivity contribution in [2.45, 2.75) is 52.5 Å².